The van der Waals surface area contributed by atoms with Crippen LogP contribution in [0.25, 0.3) is 0 Å². The van der Waals surface area contributed by atoms with Crippen molar-refractivity contribution in [2.75, 3.05) is 26.2 Å². The number of likely N-dealkylation sites (tertiary alicyclic amines) is 1. The van der Waals surface area contributed by atoms with E-state index in [2.05, 4.69) is 29.1 Å². The normalized spacial score (nSPS) is 19.9. The van der Waals surface area contributed by atoms with Gasteiger partial charge in [0.15, 0.2) is 0 Å². The minimum Gasteiger partial charge on any atom is -0.339 e. The van der Waals surface area contributed by atoms with Crippen LogP contribution in [0.2, 0.25) is 0 Å². The SMILES string of the molecule is Cc1ncc(C(=O)N2CCC3(CCNC3)CC2)c(C(C)C)n1.Cl. The number of aryl methyl sites for hydroxylation is 1. The van der Waals surface area contributed by atoms with Gasteiger partial charge in [0, 0.05) is 25.8 Å². The highest BCUT2D eigenvalue weighted by molar-refractivity contribution is 5.95. The number of aromatic nitrogens is 2. The molecular weight excluding hydrogens is 312 g/mol. The first-order chi connectivity index (χ1) is 10.5. The van der Waals surface area contributed by atoms with Crippen molar-refractivity contribution in [2.24, 2.45) is 5.41 Å². The molecule has 1 aromatic heterocycles. The molecule has 3 heterocycles. The fourth-order valence-corrected chi connectivity index (χ4v) is 3.67. The maximum Gasteiger partial charge on any atom is 0.257 e. The Hall–Kier alpha value is -1.20. The number of nitrogens with zero attached hydrogens (tertiary/aromatic N) is 3. The standard InChI is InChI=1S/C17H26N4O.ClH/c1-12(2)15-14(10-19-13(3)20-15)16(22)21-8-5-17(6-9-21)4-7-18-11-17;/h10,12,18H,4-9,11H2,1-3H3;1H. The van der Waals surface area contributed by atoms with Gasteiger partial charge in [-0.05, 0) is 44.1 Å². The number of rotatable bonds is 2. The van der Waals surface area contributed by atoms with E-state index in [-0.39, 0.29) is 24.2 Å². The minimum absolute atomic E-state index is 0. The summed E-state index contributed by atoms with van der Waals surface area (Å²) in [6.45, 7) is 9.97. The highest BCUT2D eigenvalue weighted by Gasteiger charge is 2.38. The van der Waals surface area contributed by atoms with Crippen molar-refractivity contribution >= 4 is 18.3 Å². The Balaban J connectivity index is 0.00000192. The number of carbonyl (C=O) groups is 1. The fourth-order valence-electron chi connectivity index (χ4n) is 3.67. The van der Waals surface area contributed by atoms with E-state index in [0.717, 1.165) is 50.5 Å². The van der Waals surface area contributed by atoms with Crippen molar-refractivity contribution in [1.82, 2.24) is 20.2 Å². The van der Waals surface area contributed by atoms with Crippen LogP contribution < -0.4 is 5.32 Å². The molecule has 1 amide bonds. The molecule has 1 aromatic rings. The van der Waals surface area contributed by atoms with Gasteiger partial charge in [-0.2, -0.15) is 0 Å². The van der Waals surface area contributed by atoms with Crippen molar-refractivity contribution < 1.29 is 4.79 Å². The highest BCUT2D eigenvalue weighted by Crippen LogP contribution is 2.37. The summed E-state index contributed by atoms with van der Waals surface area (Å²) in [6, 6.07) is 0. The predicted molar refractivity (Wildman–Crippen MR) is 93.2 cm³/mol. The average molecular weight is 339 g/mol. The molecule has 5 nitrogen and oxygen atoms in total. The van der Waals surface area contributed by atoms with Gasteiger partial charge < -0.3 is 10.2 Å². The van der Waals surface area contributed by atoms with Gasteiger partial charge in [0.1, 0.15) is 5.82 Å². The highest BCUT2D eigenvalue weighted by atomic mass is 35.5. The Kier molecular flexibility index (Phi) is 5.63. The molecule has 0 unspecified atom stereocenters. The summed E-state index contributed by atoms with van der Waals surface area (Å²) in [7, 11) is 0. The van der Waals surface area contributed by atoms with Gasteiger partial charge >= 0.3 is 0 Å². The summed E-state index contributed by atoms with van der Waals surface area (Å²) in [5.74, 6) is 1.06. The number of hydrogen-bond acceptors (Lipinski definition) is 4. The van der Waals surface area contributed by atoms with Gasteiger partial charge in [0.05, 0.1) is 11.3 Å². The van der Waals surface area contributed by atoms with Gasteiger partial charge in [-0.15, -0.1) is 12.4 Å². The molecule has 2 aliphatic heterocycles. The summed E-state index contributed by atoms with van der Waals surface area (Å²) in [4.78, 5) is 23.6. The van der Waals surface area contributed by atoms with Crippen LogP contribution >= 0.6 is 12.4 Å². The number of piperidine rings is 1. The number of hydrogen-bond donors (Lipinski definition) is 1. The molecule has 1 spiro atoms. The zero-order chi connectivity index (χ0) is 15.7. The lowest BCUT2D eigenvalue weighted by atomic mass is 9.77. The van der Waals surface area contributed by atoms with Crippen LogP contribution in [0, 0.1) is 12.3 Å². The second-order valence-electron chi connectivity index (χ2n) is 7.09. The summed E-state index contributed by atoms with van der Waals surface area (Å²) in [5.41, 5.74) is 1.99. The first kappa shape index (κ1) is 18.1. The second-order valence-corrected chi connectivity index (χ2v) is 7.09. The molecule has 6 heteroatoms. The van der Waals surface area contributed by atoms with Gasteiger partial charge in [0.25, 0.3) is 5.91 Å². The monoisotopic (exact) mass is 338 g/mol. The zero-order valence-electron chi connectivity index (χ0n) is 14.3. The number of carbonyl (C=O) groups excluding carboxylic acids is 1. The Morgan fingerprint density at radius 1 is 1.30 bits per heavy atom. The van der Waals surface area contributed by atoms with Crippen LogP contribution in [0.5, 0.6) is 0 Å². The molecule has 0 bridgehead atoms. The van der Waals surface area contributed by atoms with Crippen molar-refractivity contribution in [1.29, 1.82) is 0 Å². The lowest BCUT2D eigenvalue weighted by Gasteiger charge is -2.39. The third-order valence-corrected chi connectivity index (χ3v) is 5.16. The maximum atomic E-state index is 12.9. The first-order valence-corrected chi connectivity index (χ1v) is 8.34. The molecule has 0 saturated carbocycles. The molecular formula is C17H27ClN4O. The van der Waals surface area contributed by atoms with Crippen molar-refractivity contribution in [3.63, 3.8) is 0 Å². The Morgan fingerprint density at radius 3 is 2.57 bits per heavy atom. The maximum absolute atomic E-state index is 12.9. The van der Waals surface area contributed by atoms with Crippen LogP contribution in [-0.2, 0) is 0 Å². The smallest absolute Gasteiger partial charge is 0.257 e. The van der Waals surface area contributed by atoms with Gasteiger partial charge in [0.2, 0.25) is 0 Å². The molecule has 3 rings (SSSR count). The largest absolute Gasteiger partial charge is 0.339 e. The van der Waals surface area contributed by atoms with Gasteiger partial charge in [-0.3, -0.25) is 4.79 Å². The molecule has 0 atom stereocenters. The molecule has 128 valence electrons. The van der Waals surface area contributed by atoms with Crippen molar-refractivity contribution in [3.8, 4) is 0 Å². The van der Waals surface area contributed by atoms with Crippen LogP contribution in [0.4, 0.5) is 0 Å². The van der Waals surface area contributed by atoms with Crippen LogP contribution in [0.15, 0.2) is 6.20 Å². The Morgan fingerprint density at radius 2 is 2.00 bits per heavy atom. The third kappa shape index (κ3) is 3.66. The number of nitrogens with one attached hydrogen (secondary N) is 1. The van der Waals surface area contributed by atoms with Crippen molar-refractivity contribution in [3.05, 3.63) is 23.3 Å². The average Bonchev–Trinajstić information content (AvgIpc) is 2.95. The third-order valence-electron chi connectivity index (χ3n) is 5.16. The molecule has 2 fully saturated rings. The fraction of sp³-hybridized carbons (Fsp3) is 0.706. The minimum atomic E-state index is 0. The van der Waals surface area contributed by atoms with E-state index in [1.165, 1.54) is 6.42 Å². The molecule has 0 aromatic carbocycles. The summed E-state index contributed by atoms with van der Waals surface area (Å²) in [5, 5.41) is 3.47. The molecule has 23 heavy (non-hydrogen) atoms. The van der Waals surface area contributed by atoms with E-state index in [9.17, 15) is 4.79 Å². The number of amides is 1. The first-order valence-electron chi connectivity index (χ1n) is 8.34. The van der Waals surface area contributed by atoms with Crippen LogP contribution in [-0.4, -0.2) is 47.0 Å². The van der Waals surface area contributed by atoms with E-state index < -0.39 is 0 Å². The van der Waals surface area contributed by atoms with Crippen molar-refractivity contribution in [2.45, 2.75) is 46.0 Å². The molecule has 0 radical (unpaired) electrons. The lowest BCUT2D eigenvalue weighted by molar-refractivity contribution is 0.0605. The van der Waals surface area contributed by atoms with E-state index in [4.69, 9.17) is 0 Å². The Labute approximate surface area is 144 Å². The van der Waals surface area contributed by atoms with E-state index >= 15 is 0 Å². The lowest BCUT2D eigenvalue weighted by Crippen LogP contribution is -2.44. The second kappa shape index (κ2) is 7.14. The summed E-state index contributed by atoms with van der Waals surface area (Å²) in [6.07, 6.45) is 5.17. The molecule has 2 saturated heterocycles. The molecule has 1 N–H and O–H groups in total. The quantitative estimate of drug-likeness (QED) is 0.900. The topological polar surface area (TPSA) is 58.1 Å². The molecule has 2 aliphatic rings. The van der Waals surface area contributed by atoms with Crippen LogP contribution in [0.1, 0.15) is 60.9 Å². The molecule has 0 aliphatic carbocycles. The zero-order valence-corrected chi connectivity index (χ0v) is 15.1. The number of halogens is 1. The predicted octanol–water partition coefficient (Wildman–Crippen LogP) is 2.55. The van der Waals surface area contributed by atoms with Gasteiger partial charge in [-0.1, -0.05) is 13.8 Å². The van der Waals surface area contributed by atoms with E-state index in [0.29, 0.717) is 11.0 Å². The van der Waals surface area contributed by atoms with Crippen LogP contribution in [0.3, 0.4) is 0 Å². The summed E-state index contributed by atoms with van der Waals surface area (Å²) < 4.78 is 0. The van der Waals surface area contributed by atoms with E-state index in [1.807, 2.05) is 11.8 Å². The van der Waals surface area contributed by atoms with Gasteiger partial charge in [-0.25, -0.2) is 9.97 Å². The Bertz CT molecular complexity index is 560. The van der Waals surface area contributed by atoms with E-state index in [1.54, 1.807) is 6.20 Å². The summed E-state index contributed by atoms with van der Waals surface area (Å²) >= 11 is 0.